The van der Waals surface area contributed by atoms with Crippen molar-refractivity contribution in [2.24, 2.45) is 5.73 Å². The quantitative estimate of drug-likeness (QED) is 0.684. The van der Waals surface area contributed by atoms with Crippen molar-refractivity contribution in [3.63, 3.8) is 0 Å². The number of hydrogen-bond acceptors (Lipinski definition) is 3. The Labute approximate surface area is 123 Å². The summed E-state index contributed by atoms with van der Waals surface area (Å²) in [5.41, 5.74) is 5.76. The monoisotopic (exact) mass is 316 g/mol. The largest absolute Gasteiger partial charge is 0.417 e. The summed E-state index contributed by atoms with van der Waals surface area (Å²) >= 11 is 1.22. The molecule has 7 heteroatoms. The Morgan fingerprint density at radius 2 is 1.95 bits per heavy atom. The van der Waals surface area contributed by atoms with Gasteiger partial charge < -0.3 is 5.73 Å². The lowest BCUT2D eigenvalue weighted by Crippen LogP contribution is -2.13. The molecule has 2 rings (SSSR count). The Balaban J connectivity index is 1.97. The molecule has 2 nitrogen and oxygen atoms in total. The number of hydrogen-bond donors (Lipinski definition) is 1. The maximum Gasteiger partial charge on any atom is 0.417 e. The van der Waals surface area contributed by atoms with Crippen LogP contribution in [0.25, 0.3) is 0 Å². The number of rotatable bonds is 4. The van der Waals surface area contributed by atoms with Gasteiger partial charge >= 0.3 is 6.18 Å². The summed E-state index contributed by atoms with van der Waals surface area (Å²) in [6.45, 7) is 0. The van der Waals surface area contributed by atoms with Crippen LogP contribution in [-0.4, -0.2) is 10.7 Å². The third-order valence-electron chi connectivity index (χ3n) is 2.75. The molecule has 0 spiro atoms. The van der Waals surface area contributed by atoms with Crippen molar-refractivity contribution in [2.45, 2.75) is 17.2 Å². The molecule has 0 amide bonds. The van der Waals surface area contributed by atoms with Crippen molar-refractivity contribution in [1.82, 2.24) is 4.98 Å². The number of nitrogens with two attached hydrogens (primary N) is 1. The van der Waals surface area contributed by atoms with Crippen LogP contribution in [0.5, 0.6) is 0 Å². The predicted molar refractivity (Wildman–Crippen MR) is 73.3 cm³/mol. The van der Waals surface area contributed by atoms with Gasteiger partial charge in [-0.25, -0.2) is 9.37 Å². The summed E-state index contributed by atoms with van der Waals surface area (Å²) in [6, 6.07) is 7.77. The SMILES string of the molecule is NC(CSc1ccc(C(F)(F)F)cn1)c1cccc(F)c1. The number of thioether (sulfide) groups is 1. The van der Waals surface area contributed by atoms with Gasteiger partial charge in [0.15, 0.2) is 0 Å². The average molecular weight is 316 g/mol. The predicted octanol–water partition coefficient (Wildman–Crippen LogP) is 4.03. The van der Waals surface area contributed by atoms with E-state index >= 15 is 0 Å². The van der Waals surface area contributed by atoms with Crippen LogP contribution < -0.4 is 5.73 Å². The summed E-state index contributed by atoms with van der Waals surface area (Å²) in [5.74, 6) is 0.0163. The smallest absolute Gasteiger partial charge is 0.323 e. The van der Waals surface area contributed by atoms with E-state index in [1.807, 2.05) is 0 Å². The van der Waals surface area contributed by atoms with E-state index in [0.29, 0.717) is 16.3 Å². The second kappa shape index (κ2) is 6.44. The van der Waals surface area contributed by atoms with Gasteiger partial charge in [-0.15, -0.1) is 11.8 Å². The van der Waals surface area contributed by atoms with Crippen molar-refractivity contribution in [1.29, 1.82) is 0 Å². The maximum atomic E-state index is 13.1. The van der Waals surface area contributed by atoms with Gasteiger partial charge in [0.2, 0.25) is 0 Å². The third-order valence-corrected chi connectivity index (χ3v) is 3.81. The molecule has 0 aliphatic rings. The van der Waals surface area contributed by atoms with Crippen LogP contribution in [0.2, 0.25) is 0 Å². The van der Waals surface area contributed by atoms with Gasteiger partial charge in [-0.1, -0.05) is 12.1 Å². The van der Waals surface area contributed by atoms with Crippen LogP contribution >= 0.6 is 11.8 Å². The topological polar surface area (TPSA) is 38.9 Å². The van der Waals surface area contributed by atoms with Crippen LogP contribution in [0.4, 0.5) is 17.6 Å². The van der Waals surface area contributed by atoms with Gasteiger partial charge in [-0.05, 0) is 29.8 Å². The molecule has 0 bridgehead atoms. The molecule has 1 aromatic heterocycles. The third kappa shape index (κ3) is 4.44. The molecule has 0 fully saturated rings. The highest BCUT2D eigenvalue weighted by molar-refractivity contribution is 7.99. The zero-order valence-electron chi connectivity index (χ0n) is 10.8. The first-order valence-electron chi connectivity index (χ1n) is 6.03. The molecule has 0 saturated carbocycles. The molecule has 2 N–H and O–H groups in total. The summed E-state index contributed by atoms with van der Waals surface area (Å²) in [5, 5.41) is 0.440. The van der Waals surface area contributed by atoms with E-state index in [4.69, 9.17) is 5.73 Å². The summed E-state index contributed by atoms with van der Waals surface area (Å²) in [6.07, 6.45) is -3.61. The van der Waals surface area contributed by atoms with Crippen LogP contribution in [-0.2, 0) is 6.18 Å². The van der Waals surface area contributed by atoms with Crippen molar-refractivity contribution < 1.29 is 17.6 Å². The van der Waals surface area contributed by atoms with Crippen LogP contribution in [0.1, 0.15) is 17.2 Å². The molecule has 112 valence electrons. The normalized spacial score (nSPS) is 13.2. The number of alkyl halides is 3. The number of nitrogens with zero attached hydrogens (tertiary/aromatic N) is 1. The average Bonchev–Trinajstić information content (AvgIpc) is 2.44. The van der Waals surface area contributed by atoms with Crippen LogP contribution in [0.3, 0.4) is 0 Å². The minimum absolute atomic E-state index is 0.374. The lowest BCUT2D eigenvalue weighted by atomic mass is 10.1. The number of benzene rings is 1. The van der Waals surface area contributed by atoms with E-state index in [1.54, 1.807) is 12.1 Å². The Morgan fingerprint density at radius 1 is 1.19 bits per heavy atom. The van der Waals surface area contributed by atoms with E-state index in [-0.39, 0.29) is 5.82 Å². The first kappa shape index (κ1) is 15.8. The van der Waals surface area contributed by atoms with Crippen molar-refractivity contribution in [3.05, 3.63) is 59.5 Å². The summed E-state index contributed by atoms with van der Waals surface area (Å²) in [4.78, 5) is 3.74. The summed E-state index contributed by atoms with van der Waals surface area (Å²) in [7, 11) is 0. The fourth-order valence-corrected chi connectivity index (χ4v) is 2.48. The van der Waals surface area contributed by atoms with Gasteiger partial charge in [0.05, 0.1) is 10.6 Å². The molecule has 0 saturated heterocycles. The first-order chi connectivity index (χ1) is 9.86. The molecule has 2 aromatic rings. The van der Waals surface area contributed by atoms with E-state index in [1.165, 1.54) is 30.0 Å². The molecular formula is C14H12F4N2S. The van der Waals surface area contributed by atoms with E-state index in [9.17, 15) is 17.6 Å². The maximum absolute atomic E-state index is 13.1. The number of halogens is 4. The molecule has 1 aromatic carbocycles. The Kier molecular flexibility index (Phi) is 4.84. The molecule has 0 aliphatic heterocycles. The zero-order chi connectivity index (χ0) is 15.5. The Bertz CT molecular complexity index is 599. The van der Waals surface area contributed by atoms with Crippen molar-refractivity contribution in [2.75, 3.05) is 5.75 Å². The highest BCUT2D eigenvalue weighted by Crippen LogP contribution is 2.30. The lowest BCUT2D eigenvalue weighted by molar-refractivity contribution is -0.137. The van der Waals surface area contributed by atoms with Crippen molar-refractivity contribution in [3.8, 4) is 0 Å². The zero-order valence-corrected chi connectivity index (χ0v) is 11.6. The second-order valence-electron chi connectivity index (χ2n) is 4.36. The molecule has 1 unspecified atom stereocenters. The number of pyridine rings is 1. The molecule has 21 heavy (non-hydrogen) atoms. The standard InChI is InChI=1S/C14H12F4N2S/c15-11-3-1-2-9(6-11)12(19)8-21-13-5-4-10(7-20-13)14(16,17)18/h1-7,12H,8,19H2. The molecule has 1 heterocycles. The first-order valence-corrected chi connectivity index (χ1v) is 7.02. The summed E-state index contributed by atoms with van der Waals surface area (Å²) < 4.78 is 50.2. The molecule has 0 aliphatic carbocycles. The fraction of sp³-hybridized carbons (Fsp3) is 0.214. The van der Waals surface area contributed by atoms with Gasteiger partial charge in [0.1, 0.15) is 5.82 Å². The van der Waals surface area contributed by atoms with E-state index < -0.39 is 17.8 Å². The highest BCUT2D eigenvalue weighted by atomic mass is 32.2. The van der Waals surface area contributed by atoms with Gasteiger partial charge in [0, 0.05) is 18.0 Å². The van der Waals surface area contributed by atoms with Gasteiger partial charge in [0.25, 0.3) is 0 Å². The number of aromatic nitrogens is 1. The van der Waals surface area contributed by atoms with E-state index in [0.717, 1.165) is 12.3 Å². The van der Waals surface area contributed by atoms with E-state index in [2.05, 4.69) is 4.98 Å². The second-order valence-corrected chi connectivity index (χ2v) is 5.40. The van der Waals surface area contributed by atoms with Crippen LogP contribution in [0.15, 0.2) is 47.6 Å². The van der Waals surface area contributed by atoms with Crippen molar-refractivity contribution >= 4 is 11.8 Å². The fourth-order valence-electron chi connectivity index (χ4n) is 1.64. The van der Waals surface area contributed by atoms with Gasteiger partial charge in [-0.2, -0.15) is 13.2 Å². The minimum Gasteiger partial charge on any atom is -0.323 e. The van der Waals surface area contributed by atoms with Crippen LogP contribution in [0, 0.1) is 5.82 Å². The molecule has 0 radical (unpaired) electrons. The molecular weight excluding hydrogens is 304 g/mol. The lowest BCUT2D eigenvalue weighted by Gasteiger charge is -2.12. The Hall–Kier alpha value is -1.60. The van der Waals surface area contributed by atoms with Gasteiger partial charge in [-0.3, -0.25) is 0 Å². The minimum atomic E-state index is -4.39. The molecule has 1 atom stereocenters. The highest BCUT2D eigenvalue weighted by Gasteiger charge is 2.30. The Morgan fingerprint density at radius 3 is 2.52 bits per heavy atom.